The zero-order valence-corrected chi connectivity index (χ0v) is 10.7. The molecule has 18 heavy (non-hydrogen) atoms. The van der Waals surface area contributed by atoms with Gasteiger partial charge in [-0.25, -0.2) is 15.0 Å². The van der Waals surface area contributed by atoms with Crippen LogP contribution in [0.2, 0.25) is 0 Å². The van der Waals surface area contributed by atoms with Crippen molar-refractivity contribution in [3.63, 3.8) is 0 Å². The molecule has 0 saturated heterocycles. The lowest BCUT2D eigenvalue weighted by Crippen LogP contribution is -2.23. The summed E-state index contributed by atoms with van der Waals surface area (Å²) in [5.74, 6) is 1.54. The second kappa shape index (κ2) is 4.49. The van der Waals surface area contributed by atoms with E-state index in [4.69, 9.17) is 0 Å². The van der Waals surface area contributed by atoms with Crippen LogP contribution in [0.15, 0.2) is 18.6 Å². The maximum atomic E-state index is 4.68. The third-order valence-corrected chi connectivity index (χ3v) is 3.55. The number of imidazole rings is 1. The van der Waals surface area contributed by atoms with Gasteiger partial charge in [0, 0.05) is 42.9 Å². The first kappa shape index (κ1) is 11.3. The van der Waals surface area contributed by atoms with Crippen molar-refractivity contribution >= 4 is 0 Å². The first-order valence-corrected chi connectivity index (χ1v) is 6.30. The number of aromatic nitrogens is 4. The molecule has 0 fully saturated rings. The van der Waals surface area contributed by atoms with Gasteiger partial charge in [-0.3, -0.25) is 0 Å². The molecule has 0 bridgehead atoms. The van der Waals surface area contributed by atoms with Crippen LogP contribution >= 0.6 is 0 Å². The molecule has 5 heteroatoms. The van der Waals surface area contributed by atoms with Gasteiger partial charge in [-0.05, 0) is 26.3 Å². The van der Waals surface area contributed by atoms with Crippen molar-refractivity contribution in [3.05, 3.63) is 29.8 Å². The van der Waals surface area contributed by atoms with Gasteiger partial charge in [-0.2, -0.15) is 0 Å². The maximum absolute atomic E-state index is 4.68. The molecule has 2 aromatic heterocycles. The van der Waals surface area contributed by atoms with E-state index in [1.54, 1.807) is 6.20 Å². The average Bonchev–Trinajstić information content (AvgIpc) is 2.83. The predicted octanol–water partition coefficient (Wildman–Crippen LogP) is 1.47. The molecule has 1 N–H and O–H groups in total. The normalized spacial score (nSPS) is 18.7. The minimum Gasteiger partial charge on any atom is -0.331 e. The Morgan fingerprint density at radius 2 is 2.28 bits per heavy atom. The van der Waals surface area contributed by atoms with Gasteiger partial charge in [-0.1, -0.05) is 0 Å². The summed E-state index contributed by atoms with van der Waals surface area (Å²) in [7, 11) is 3.95. The Kier molecular flexibility index (Phi) is 2.83. The van der Waals surface area contributed by atoms with E-state index in [1.807, 2.05) is 31.1 Å². The largest absolute Gasteiger partial charge is 0.331 e. The summed E-state index contributed by atoms with van der Waals surface area (Å²) >= 11 is 0. The van der Waals surface area contributed by atoms with Gasteiger partial charge < -0.3 is 9.88 Å². The van der Waals surface area contributed by atoms with Crippen LogP contribution in [0.5, 0.6) is 0 Å². The SMILES string of the molecule is CNC1CCCc2nc(-c3nccn3C)ncc21. The van der Waals surface area contributed by atoms with Gasteiger partial charge in [-0.15, -0.1) is 0 Å². The fourth-order valence-electron chi connectivity index (χ4n) is 2.54. The molecule has 1 atom stereocenters. The van der Waals surface area contributed by atoms with Crippen LogP contribution in [0.3, 0.4) is 0 Å². The summed E-state index contributed by atoms with van der Waals surface area (Å²) in [6.45, 7) is 0. The number of aryl methyl sites for hydroxylation is 2. The van der Waals surface area contributed by atoms with E-state index in [0.717, 1.165) is 30.2 Å². The van der Waals surface area contributed by atoms with Crippen LogP contribution in [0.4, 0.5) is 0 Å². The third-order valence-electron chi connectivity index (χ3n) is 3.55. The van der Waals surface area contributed by atoms with Crippen molar-refractivity contribution < 1.29 is 0 Å². The zero-order valence-electron chi connectivity index (χ0n) is 10.7. The summed E-state index contributed by atoms with van der Waals surface area (Å²) in [6, 6.07) is 0.393. The zero-order chi connectivity index (χ0) is 12.5. The van der Waals surface area contributed by atoms with Crippen LogP contribution in [0.25, 0.3) is 11.6 Å². The molecule has 0 spiro atoms. The molecule has 3 rings (SSSR count). The van der Waals surface area contributed by atoms with Crippen LogP contribution < -0.4 is 5.32 Å². The Labute approximate surface area is 106 Å². The number of nitrogens with zero attached hydrogens (tertiary/aromatic N) is 4. The molecular formula is C13H17N5. The Hall–Kier alpha value is -1.75. The van der Waals surface area contributed by atoms with Gasteiger partial charge in [0.2, 0.25) is 0 Å². The molecule has 1 aliphatic rings. The first-order chi connectivity index (χ1) is 8.79. The molecule has 0 amide bonds. The van der Waals surface area contributed by atoms with E-state index < -0.39 is 0 Å². The van der Waals surface area contributed by atoms with Crippen molar-refractivity contribution in [3.8, 4) is 11.6 Å². The van der Waals surface area contributed by atoms with E-state index in [9.17, 15) is 0 Å². The van der Waals surface area contributed by atoms with E-state index in [0.29, 0.717) is 6.04 Å². The Balaban J connectivity index is 2.04. The van der Waals surface area contributed by atoms with E-state index in [-0.39, 0.29) is 0 Å². The quantitative estimate of drug-likeness (QED) is 0.868. The van der Waals surface area contributed by atoms with Crippen molar-refractivity contribution in [2.24, 2.45) is 7.05 Å². The summed E-state index contributed by atoms with van der Waals surface area (Å²) in [5, 5.41) is 3.32. The number of fused-ring (bicyclic) bond motifs is 1. The predicted molar refractivity (Wildman–Crippen MR) is 69.0 cm³/mol. The summed E-state index contributed by atoms with van der Waals surface area (Å²) in [4.78, 5) is 13.4. The third kappa shape index (κ3) is 1.80. The maximum Gasteiger partial charge on any atom is 0.196 e. The second-order valence-electron chi connectivity index (χ2n) is 4.69. The van der Waals surface area contributed by atoms with Crippen LogP contribution in [-0.2, 0) is 13.5 Å². The molecule has 5 nitrogen and oxygen atoms in total. The minimum absolute atomic E-state index is 0.393. The fraction of sp³-hybridized carbons (Fsp3) is 0.462. The highest BCUT2D eigenvalue weighted by Gasteiger charge is 2.21. The highest BCUT2D eigenvalue weighted by molar-refractivity contribution is 5.45. The van der Waals surface area contributed by atoms with Gasteiger partial charge in [0.05, 0.1) is 0 Å². The van der Waals surface area contributed by atoms with Gasteiger partial charge in [0.1, 0.15) is 0 Å². The van der Waals surface area contributed by atoms with E-state index in [2.05, 4.69) is 20.3 Å². The lowest BCUT2D eigenvalue weighted by Gasteiger charge is -2.23. The highest BCUT2D eigenvalue weighted by atomic mass is 15.1. The van der Waals surface area contributed by atoms with E-state index >= 15 is 0 Å². The van der Waals surface area contributed by atoms with E-state index in [1.165, 1.54) is 12.0 Å². The summed E-state index contributed by atoms with van der Waals surface area (Å²) in [6.07, 6.45) is 9.01. The number of hydrogen-bond acceptors (Lipinski definition) is 4. The lowest BCUT2D eigenvalue weighted by atomic mass is 9.92. The molecule has 0 radical (unpaired) electrons. The fourth-order valence-corrected chi connectivity index (χ4v) is 2.54. The van der Waals surface area contributed by atoms with Gasteiger partial charge in [0.25, 0.3) is 0 Å². The van der Waals surface area contributed by atoms with Gasteiger partial charge >= 0.3 is 0 Å². The standard InChI is InChI=1S/C13H17N5/c1-14-10-4-3-5-11-9(10)8-16-12(17-11)13-15-6-7-18(13)2/h6-8,10,14H,3-5H2,1-2H3. The van der Waals surface area contributed by atoms with Crippen molar-refractivity contribution in [2.75, 3.05) is 7.05 Å². The Bertz CT molecular complexity index is 560. The first-order valence-electron chi connectivity index (χ1n) is 6.30. The Morgan fingerprint density at radius 3 is 3.00 bits per heavy atom. The van der Waals surface area contributed by atoms with Crippen molar-refractivity contribution in [1.82, 2.24) is 24.8 Å². The lowest BCUT2D eigenvalue weighted by molar-refractivity contribution is 0.487. The Morgan fingerprint density at radius 1 is 1.39 bits per heavy atom. The number of hydrogen-bond donors (Lipinski definition) is 1. The smallest absolute Gasteiger partial charge is 0.196 e. The molecular weight excluding hydrogens is 226 g/mol. The molecule has 0 aromatic carbocycles. The molecule has 0 saturated carbocycles. The molecule has 2 heterocycles. The minimum atomic E-state index is 0.393. The second-order valence-corrected chi connectivity index (χ2v) is 4.69. The monoisotopic (exact) mass is 243 g/mol. The highest BCUT2D eigenvalue weighted by Crippen LogP contribution is 2.28. The summed E-state index contributed by atoms with van der Waals surface area (Å²) in [5.41, 5.74) is 2.40. The number of nitrogens with one attached hydrogen (secondary N) is 1. The van der Waals surface area contributed by atoms with Crippen LogP contribution in [0.1, 0.15) is 30.1 Å². The van der Waals surface area contributed by atoms with Crippen LogP contribution in [0, 0.1) is 0 Å². The molecule has 1 unspecified atom stereocenters. The summed E-state index contributed by atoms with van der Waals surface area (Å²) < 4.78 is 1.94. The van der Waals surface area contributed by atoms with Gasteiger partial charge in [0.15, 0.2) is 11.6 Å². The topological polar surface area (TPSA) is 55.6 Å². The molecule has 1 aliphatic carbocycles. The van der Waals surface area contributed by atoms with Crippen molar-refractivity contribution in [1.29, 1.82) is 0 Å². The van der Waals surface area contributed by atoms with Crippen molar-refractivity contribution in [2.45, 2.75) is 25.3 Å². The number of rotatable bonds is 2. The molecule has 2 aromatic rings. The molecule has 94 valence electrons. The molecule has 0 aliphatic heterocycles. The van der Waals surface area contributed by atoms with Crippen LogP contribution in [-0.4, -0.2) is 26.6 Å². The average molecular weight is 243 g/mol.